The first-order valence-corrected chi connectivity index (χ1v) is 7.48. The zero-order valence-electron chi connectivity index (χ0n) is 14.1. The van der Waals surface area contributed by atoms with E-state index in [9.17, 15) is 19.2 Å². The van der Waals surface area contributed by atoms with Gasteiger partial charge in [0.15, 0.2) is 0 Å². The van der Waals surface area contributed by atoms with Crippen LogP contribution in [-0.4, -0.2) is 49.8 Å². The van der Waals surface area contributed by atoms with E-state index in [0.29, 0.717) is 0 Å². The maximum atomic E-state index is 11.7. The van der Waals surface area contributed by atoms with Gasteiger partial charge in [-0.25, -0.2) is 9.59 Å². The summed E-state index contributed by atoms with van der Waals surface area (Å²) in [5.74, 6) is -2.47. The lowest BCUT2D eigenvalue weighted by Gasteiger charge is -2.21. The second-order valence-electron chi connectivity index (χ2n) is 6.10. The molecule has 1 aliphatic rings. The lowest BCUT2D eigenvalue weighted by molar-refractivity contribution is -0.164. The highest BCUT2D eigenvalue weighted by Crippen LogP contribution is 2.31. The van der Waals surface area contributed by atoms with Crippen molar-refractivity contribution in [2.75, 3.05) is 19.8 Å². The van der Waals surface area contributed by atoms with Crippen molar-refractivity contribution in [3.05, 3.63) is 12.2 Å². The molecule has 0 spiro atoms. The Balaban J connectivity index is 2.22. The van der Waals surface area contributed by atoms with Gasteiger partial charge in [0, 0.05) is 11.0 Å². The summed E-state index contributed by atoms with van der Waals surface area (Å²) in [5.41, 5.74) is -0.349. The molecule has 0 bridgehead atoms. The van der Waals surface area contributed by atoms with Gasteiger partial charge in [-0.05, 0) is 6.92 Å². The largest absolute Gasteiger partial charge is 0.462 e. The van der Waals surface area contributed by atoms with Crippen molar-refractivity contribution >= 4 is 23.9 Å². The first kappa shape index (κ1) is 19.7. The molecule has 1 atom stereocenters. The molecule has 1 rings (SSSR count). The predicted octanol–water partition coefficient (Wildman–Crippen LogP) is 0.924. The molecule has 1 unspecified atom stereocenters. The third-order valence-electron chi connectivity index (χ3n) is 3.22. The van der Waals surface area contributed by atoms with E-state index in [-0.39, 0.29) is 38.2 Å². The molecule has 0 amide bonds. The van der Waals surface area contributed by atoms with Crippen molar-refractivity contribution < 1.29 is 38.1 Å². The lowest BCUT2D eigenvalue weighted by atomic mass is 9.90. The normalized spacial score (nSPS) is 18.5. The summed E-state index contributed by atoms with van der Waals surface area (Å²) in [6.45, 7) is 8.37. The van der Waals surface area contributed by atoms with Crippen LogP contribution in [0, 0.1) is 5.41 Å². The zero-order chi connectivity index (χ0) is 18.3. The molecule has 0 N–H and O–H groups in total. The number of cyclic esters (lactones) is 1. The summed E-state index contributed by atoms with van der Waals surface area (Å²) in [7, 11) is 0. The Labute approximate surface area is 140 Å². The van der Waals surface area contributed by atoms with Crippen molar-refractivity contribution in [2.24, 2.45) is 5.41 Å². The lowest BCUT2D eigenvalue weighted by Crippen LogP contribution is -2.35. The number of rotatable bonds is 8. The molecule has 1 heterocycles. The highest BCUT2D eigenvalue weighted by atomic mass is 16.6. The van der Waals surface area contributed by atoms with Crippen molar-refractivity contribution in [1.82, 2.24) is 0 Å². The molecule has 0 aromatic rings. The molecular weight excluding hydrogens is 320 g/mol. The van der Waals surface area contributed by atoms with Gasteiger partial charge in [-0.15, -0.1) is 0 Å². The van der Waals surface area contributed by atoms with Crippen LogP contribution in [0.1, 0.15) is 33.6 Å². The second-order valence-corrected chi connectivity index (χ2v) is 6.10. The Morgan fingerprint density at radius 1 is 1.17 bits per heavy atom. The summed E-state index contributed by atoms with van der Waals surface area (Å²) >= 11 is 0. The molecule has 134 valence electrons. The molecule has 1 fully saturated rings. The molecular formula is C16H22O8. The van der Waals surface area contributed by atoms with Crippen LogP contribution < -0.4 is 0 Å². The van der Waals surface area contributed by atoms with Crippen LogP contribution in [0.3, 0.4) is 0 Å². The van der Waals surface area contributed by atoms with Gasteiger partial charge in [0.25, 0.3) is 0 Å². The Morgan fingerprint density at radius 3 is 2.29 bits per heavy atom. The van der Waals surface area contributed by atoms with Gasteiger partial charge in [0.05, 0.1) is 12.8 Å². The Morgan fingerprint density at radius 2 is 1.75 bits per heavy atom. The van der Waals surface area contributed by atoms with Crippen LogP contribution >= 0.6 is 0 Å². The van der Waals surface area contributed by atoms with Crippen LogP contribution in [0.2, 0.25) is 0 Å². The monoisotopic (exact) mass is 342 g/mol. The van der Waals surface area contributed by atoms with E-state index < -0.39 is 35.4 Å². The highest BCUT2D eigenvalue weighted by Gasteiger charge is 2.46. The molecule has 1 aliphatic heterocycles. The number of esters is 4. The van der Waals surface area contributed by atoms with E-state index in [0.717, 1.165) is 0 Å². The van der Waals surface area contributed by atoms with E-state index >= 15 is 0 Å². The minimum Gasteiger partial charge on any atom is -0.462 e. The zero-order valence-corrected chi connectivity index (χ0v) is 14.1. The number of hydrogen-bond acceptors (Lipinski definition) is 8. The summed E-state index contributed by atoms with van der Waals surface area (Å²) in [4.78, 5) is 45.8. The van der Waals surface area contributed by atoms with Crippen molar-refractivity contribution in [3.63, 3.8) is 0 Å². The molecule has 0 saturated carbocycles. The third kappa shape index (κ3) is 6.02. The van der Waals surface area contributed by atoms with Crippen molar-refractivity contribution in [3.8, 4) is 0 Å². The van der Waals surface area contributed by atoms with E-state index in [1.54, 1.807) is 13.8 Å². The number of carbonyl (C=O) groups is 4. The van der Waals surface area contributed by atoms with Gasteiger partial charge in [-0.1, -0.05) is 20.4 Å². The number of ether oxygens (including phenoxy) is 4. The van der Waals surface area contributed by atoms with Gasteiger partial charge >= 0.3 is 23.9 Å². The topological polar surface area (TPSA) is 105 Å². The standard InChI is InChI=1S/C16H22O8/c1-10(2)14(19)22-8-7-21-11(17)5-6-12(18)24-13-15(20)23-9-16(13,3)4/h13H,1,5-9H2,2-4H3. The maximum Gasteiger partial charge on any atom is 0.348 e. The van der Waals surface area contributed by atoms with E-state index in [2.05, 4.69) is 6.58 Å². The number of carbonyl (C=O) groups excluding carboxylic acids is 4. The van der Waals surface area contributed by atoms with Crippen LogP contribution in [0.5, 0.6) is 0 Å². The molecule has 24 heavy (non-hydrogen) atoms. The molecule has 8 nitrogen and oxygen atoms in total. The molecule has 8 heteroatoms. The summed E-state index contributed by atoms with van der Waals surface area (Å²) in [5, 5.41) is 0. The minimum atomic E-state index is -0.970. The summed E-state index contributed by atoms with van der Waals surface area (Å²) < 4.78 is 19.5. The molecule has 0 aromatic carbocycles. The fourth-order valence-electron chi connectivity index (χ4n) is 1.81. The van der Waals surface area contributed by atoms with Crippen molar-refractivity contribution in [1.29, 1.82) is 0 Å². The Hall–Kier alpha value is -2.38. The number of hydrogen-bond donors (Lipinski definition) is 0. The summed E-state index contributed by atoms with van der Waals surface area (Å²) in [6, 6.07) is 0. The fourth-order valence-corrected chi connectivity index (χ4v) is 1.81. The van der Waals surface area contributed by atoms with E-state index in [1.165, 1.54) is 6.92 Å². The van der Waals surface area contributed by atoms with E-state index in [1.807, 2.05) is 0 Å². The smallest absolute Gasteiger partial charge is 0.348 e. The van der Waals surface area contributed by atoms with Gasteiger partial charge in [-0.2, -0.15) is 0 Å². The van der Waals surface area contributed by atoms with Crippen LogP contribution in [-0.2, 0) is 38.1 Å². The Bertz CT molecular complexity index is 534. The van der Waals surface area contributed by atoms with Gasteiger partial charge in [0.1, 0.15) is 19.8 Å². The average Bonchev–Trinajstić information content (AvgIpc) is 2.76. The van der Waals surface area contributed by atoms with Gasteiger partial charge in [-0.3, -0.25) is 9.59 Å². The quantitative estimate of drug-likeness (QED) is 0.277. The Kier molecular flexibility index (Phi) is 6.94. The SMILES string of the molecule is C=C(C)C(=O)OCCOC(=O)CCC(=O)OC1C(=O)OCC1(C)C. The first-order chi connectivity index (χ1) is 11.1. The first-order valence-electron chi connectivity index (χ1n) is 7.48. The second kappa shape index (κ2) is 8.47. The molecule has 1 saturated heterocycles. The van der Waals surface area contributed by atoms with Crippen LogP contribution in [0.15, 0.2) is 12.2 Å². The average molecular weight is 342 g/mol. The maximum absolute atomic E-state index is 11.7. The minimum absolute atomic E-state index is 0.0933. The third-order valence-corrected chi connectivity index (χ3v) is 3.22. The van der Waals surface area contributed by atoms with Crippen molar-refractivity contribution in [2.45, 2.75) is 39.7 Å². The predicted molar refractivity (Wildman–Crippen MR) is 80.6 cm³/mol. The van der Waals surface area contributed by atoms with Crippen LogP contribution in [0.25, 0.3) is 0 Å². The summed E-state index contributed by atoms with van der Waals surface area (Å²) in [6.07, 6.45) is -1.39. The van der Waals surface area contributed by atoms with Gasteiger partial charge in [0.2, 0.25) is 6.10 Å². The van der Waals surface area contributed by atoms with E-state index in [4.69, 9.17) is 18.9 Å². The molecule has 0 aromatic heterocycles. The molecule has 0 aliphatic carbocycles. The molecule has 0 radical (unpaired) electrons. The highest BCUT2D eigenvalue weighted by molar-refractivity contribution is 5.87. The fraction of sp³-hybridized carbons (Fsp3) is 0.625. The van der Waals surface area contributed by atoms with Gasteiger partial charge < -0.3 is 18.9 Å². The van der Waals surface area contributed by atoms with Crippen LogP contribution in [0.4, 0.5) is 0 Å².